The number of aromatic carboxylic acids is 1. The SMILES string of the molecule is CCCCN(Cc1ccccc1)c1ccc(C(=O)O)cc1NS(=O)(=O)c1cccs1.O=C(O)C(F)(F)F. The lowest BCUT2D eigenvalue weighted by Crippen LogP contribution is -2.26. The molecule has 0 radical (unpaired) electrons. The summed E-state index contributed by atoms with van der Waals surface area (Å²) in [7, 11) is -3.81. The minimum atomic E-state index is -5.08. The van der Waals surface area contributed by atoms with E-state index in [1.54, 1.807) is 17.5 Å². The van der Waals surface area contributed by atoms with E-state index in [2.05, 4.69) is 16.5 Å². The second kappa shape index (κ2) is 13.1. The van der Waals surface area contributed by atoms with Crippen LogP contribution in [0.2, 0.25) is 0 Å². The number of carboxylic acids is 2. The molecule has 0 spiro atoms. The summed E-state index contributed by atoms with van der Waals surface area (Å²) in [6, 6.07) is 17.6. The van der Waals surface area contributed by atoms with E-state index < -0.39 is 28.1 Å². The van der Waals surface area contributed by atoms with Crippen molar-refractivity contribution in [1.82, 2.24) is 0 Å². The highest BCUT2D eigenvalue weighted by Crippen LogP contribution is 2.32. The first-order valence-corrected chi connectivity index (χ1v) is 13.2. The van der Waals surface area contributed by atoms with Gasteiger partial charge in [-0.15, -0.1) is 11.3 Å². The van der Waals surface area contributed by atoms with Gasteiger partial charge in [0.1, 0.15) is 4.21 Å². The van der Waals surface area contributed by atoms with Gasteiger partial charge in [-0.2, -0.15) is 13.2 Å². The molecule has 1 heterocycles. The number of hydrogen-bond acceptors (Lipinski definition) is 6. The zero-order chi connectivity index (χ0) is 27.6. The molecule has 0 bridgehead atoms. The number of halogens is 3. The summed E-state index contributed by atoms with van der Waals surface area (Å²) in [5.74, 6) is -3.87. The fourth-order valence-electron chi connectivity index (χ4n) is 3.08. The van der Waals surface area contributed by atoms with Crippen LogP contribution < -0.4 is 9.62 Å². The Balaban J connectivity index is 0.000000604. The van der Waals surface area contributed by atoms with Crippen LogP contribution in [-0.4, -0.2) is 43.3 Å². The normalized spacial score (nSPS) is 11.2. The average Bonchev–Trinajstić information content (AvgIpc) is 3.38. The molecule has 13 heteroatoms. The molecule has 200 valence electrons. The van der Waals surface area contributed by atoms with Crippen molar-refractivity contribution in [3.05, 3.63) is 77.2 Å². The number of nitrogens with one attached hydrogen (secondary N) is 1. The zero-order valence-electron chi connectivity index (χ0n) is 19.6. The molecule has 2 aromatic carbocycles. The third-order valence-electron chi connectivity index (χ3n) is 4.83. The highest BCUT2D eigenvalue weighted by atomic mass is 32.2. The van der Waals surface area contributed by atoms with E-state index in [0.717, 1.165) is 29.7 Å². The lowest BCUT2D eigenvalue weighted by molar-refractivity contribution is -0.192. The first kappa shape index (κ1) is 29.6. The molecule has 0 saturated heterocycles. The second-order valence-electron chi connectivity index (χ2n) is 7.64. The highest BCUT2D eigenvalue weighted by molar-refractivity contribution is 7.94. The lowest BCUT2D eigenvalue weighted by Gasteiger charge is -2.28. The topological polar surface area (TPSA) is 124 Å². The Hall–Kier alpha value is -3.58. The number of anilines is 2. The maximum Gasteiger partial charge on any atom is 0.490 e. The van der Waals surface area contributed by atoms with Crippen LogP contribution in [0.4, 0.5) is 24.5 Å². The number of unbranched alkanes of at least 4 members (excludes halogenated alkanes) is 1. The monoisotopic (exact) mass is 558 g/mol. The molecule has 0 fully saturated rings. The summed E-state index contributed by atoms with van der Waals surface area (Å²) in [5, 5.41) is 18.2. The molecule has 0 aliphatic heterocycles. The van der Waals surface area contributed by atoms with Gasteiger partial charge in [0.15, 0.2) is 0 Å². The predicted octanol–water partition coefficient (Wildman–Crippen LogP) is 5.69. The molecule has 3 rings (SSSR count). The van der Waals surface area contributed by atoms with Gasteiger partial charge < -0.3 is 15.1 Å². The molecule has 1 aromatic heterocycles. The Bertz CT molecular complexity index is 1280. The summed E-state index contributed by atoms with van der Waals surface area (Å²) in [6.45, 7) is 3.39. The van der Waals surface area contributed by atoms with Crippen LogP contribution in [-0.2, 0) is 21.4 Å². The minimum absolute atomic E-state index is 0.0257. The average molecular weight is 559 g/mol. The van der Waals surface area contributed by atoms with E-state index in [9.17, 15) is 31.5 Å². The van der Waals surface area contributed by atoms with Gasteiger partial charge in [-0.1, -0.05) is 49.7 Å². The molecule has 3 N–H and O–H groups in total. The van der Waals surface area contributed by atoms with Crippen molar-refractivity contribution in [3.8, 4) is 0 Å². The number of aliphatic carboxylic acids is 1. The summed E-state index contributed by atoms with van der Waals surface area (Å²) >= 11 is 1.11. The molecule has 0 saturated carbocycles. The van der Waals surface area contributed by atoms with Crippen molar-refractivity contribution in [1.29, 1.82) is 0 Å². The Morgan fingerprint density at radius 3 is 2.19 bits per heavy atom. The smallest absolute Gasteiger partial charge is 0.478 e. The van der Waals surface area contributed by atoms with Crippen molar-refractivity contribution in [2.75, 3.05) is 16.2 Å². The molecule has 8 nitrogen and oxygen atoms in total. The maximum absolute atomic E-state index is 12.8. The van der Waals surface area contributed by atoms with Crippen LogP contribution in [0.15, 0.2) is 70.3 Å². The number of carboxylic acid groups (broad SMARTS) is 2. The number of thiophene rings is 1. The van der Waals surface area contributed by atoms with Gasteiger partial charge in [0.05, 0.1) is 16.9 Å². The minimum Gasteiger partial charge on any atom is -0.478 e. The van der Waals surface area contributed by atoms with Crippen LogP contribution in [0.1, 0.15) is 35.7 Å². The highest BCUT2D eigenvalue weighted by Gasteiger charge is 2.38. The molecule has 3 aromatic rings. The van der Waals surface area contributed by atoms with Crippen molar-refractivity contribution < 1.29 is 41.4 Å². The Labute approximate surface area is 216 Å². The number of alkyl halides is 3. The zero-order valence-corrected chi connectivity index (χ0v) is 21.2. The molecule has 0 unspecified atom stereocenters. The molecule has 0 aliphatic rings. The van der Waals surface area contributed by atoms with Crippen molar-refractivity contribution >= 4 is 44.7 Å². The summed E-state index contributed by atoms with van der Waals surface area (Å²) in [4.78, 5) is 22.5. The summed E-state index contributed by atoms with van der Waals surface area (Å²) in [6.07, 6.45) is -3.18. The van der Waals surface area contributed by atoms with E-state index in [-0.39, 0.29) is 15.5 Å². The summed E-state index contributed by atoms with van der Waals surface area (Å²) in [5.41, 5.74) is 2.02. The fraction of sp³-hybridized carbons (Fsp3) is 0.250. The Kier molecular flexibility index (Phi) is 10.5. The largest absolute Gasteiger partial charge is 0.490 e. The first-order chi connectivity index (χ1) is 17.3. The predicted molar refractivity (Wildman–Crippen MR) is 135 cm³/mol. The van der Waals surface area contributed by atoms with Crippen LogP contribution in [0.5, 0.6) is 0 Å². The van der Waals surface area contributed by atoms with E-state index in [4.69, 9.17) is 9.90 Å². The van der Waals surface area contributed by atoms with Crippen molar-refractivity contribution in [3.63, 3.8) is 0 Å². The number of rotatable bonds is 10. The molecule has 0 amide bonds. The number of hydrogen-bond donors (Lipinski definition) is 3. The first-order valence-electron chi connectivity index (χ1n) is 10.9. The number of benzene rings is 2. The van der Waals surface area contributed by atoms with Gasteiger partial charge in [-0.25, -0.2) is 18.0 Å². The van der Waals surface area contributed by atoms with Crippen LogP contribution in [0.25, 0.3) is 0 Å². The van der Waals surface area contributed by atoms with Gasteiger partial charge in [-0.05, 0) is 41.6 Å². The molecule has 0 atom stereocenters. The molecular formula is C24H25F3N2O6S2. The van der Waals surface area contributed by atoms with Crippen LogP contribution >= 0.6 is 11.3 Å². The van der Waals surface area contributed by atoms with Gasteiger partial charge >= 0.3 is 18.1 Å². The van der Waals surface area contributed by atoms with E-state index >= 15 is 0 Å². The van der Waals surface area contributed by atoms with E-state index in [1.165, 1.54) is 18.2 Å². The van der Waals surface area contributed by atoms with Gasteiger partial charge in [0.2, 0.25) is 0 Å². The van der Waals surface area contributed by atoms with E-state index in [1.807, 2.05) is 30.3 Å². The van der Waals surface area contributed by atoms with Gasteiger partial charge in [0.25, 0.3) is 10.0 Å². The second-order valence-corrected chi connectivity index (χ2v) is 10.5. The molecule has 0 aliphatic carbocycles. The standard InChI is InChI=1S/C22H24N2O4S2.C2HF3O2/c1-2-3-13-24(16-17-8-5-4-6-9-17)20-12-11-18(22(25)26)15-19(20)23-30(27,28)21-10-7-14-29-21;3-2(4,5)1(6)7/h4-12,14-15,23H,2-3,13,16H2,1H3,(H,25,26);(H,6,7). The lowest BCUT2D eigenvalue weighted by atomic mass is 10.1. The quantitative estimate of drug-likeness (QED) is 0.292. The Morgan fingerprint density at radius 1 is 1.03 bits per heavy atom. The third-order valence-corrected chi connectivity index (χ3v) is 7.59. The van der Waals surface area contributed by atoms with Crippen molar-refractivity contribution in [2.45, 2.75) is 36.7 Å². The number of nitrogens with zero attached hydrogens (tertiary/aromatic N) is 1. The number of sulfonamides is 1. The van der Waals surface area contributed by atoms with Crippen LogP contribution in [0, 0.1) is 0 Å². The van der Waals surface area contributed by atoms with Crippen molar-refractivity contribution in [2.24, 2.45) is 0 Å². The van der Waals surface area contributed by atoms with Gasteiger partial charge in [-0.3, -0.25) is 4.72 Å². The third kappa shape index (κ3) is 9.10. The number of carbonyl (C=O) groups is 2. The summed E-state index contributed by atoms with van der Waals surface area (Å²) < 4.78 is 60.2. The molecular weight excluding hydrogens is 533 g/mol. The maximum atomic E-state index is 12.8. The Morgan fingerprint density at radius 2 is 1.68 bits per heavy atom. The molecule has 37 heavy (non-hydrogen) atoms. The van der Waals surface area contributed by atoms with Crippen LogP contribution in [0.3, 0.4) is 0 Å². The van der Waals surface area contributed by atoms with E-state index in [0.29, 0.717) is 18.8 Å². The van der Waals surface area contributed by atoms with Gasteiger partial charge in [0, 0.05) is 13.1 Å². The fourth-order valence-corrected chi connectivity index (χ4v) is 5.13.